The molecule has 2 fully saturated rings. The quantitative estimate of drug-likeness (QED) is 0.581. The first-order valence-corrected chi connectivity index (χ1v) is 7.53. The van der Waals surface area contributed by atoms with Crippen molar-refractivity contribution in [3.63, 3.8) is 0 Å². The number of hydrogen-bond acceptors (Lipinski definition) is 3. The minimum atomic E-state index is -0.798. The molecule has 1 aliphatic carbocycles. The number of carbonyl (C=O) groups excluding carboxylic acids is 3. The number of unbranched alkanes of at least 4 members (excludes halogenated alkanes) is 1. The van der Waals surface area contributed by atoms with Gasteiger partial charge in [-0.15, -0.1) is 0 Å². The average Bonchev–Trinajstić information content (AvgIpc) is 2.49. The molecule has 2 aliphatic rings. The Kier molecular flexibility index (Phi) is 4.85. The maximum absolute atomic E-state index is 12.5. The van der Waals surface area contributed by atoms with Crippen LogP contribution in [0.4, 0.5) is 4.79 Å². The van der Waals surface area contributed by atoms with E-state index in [2.05, 4.69) is 4.79 Å². The third-order valence-corrected chi connectivity index (χ3v) is 4.08. The Morgan fingerprint density at radius 2 is 1.81 bits per heavy atom. The molecule has 7 heteroatoms. The Hall–Kier alpha value is -2.01. The largest absolute Gasteiger partial charge is 0.444 e. The van der Waals surface area contributed by atoms with Gasteiger partial charge in [0.15, 0.2) is 0 Å². The monoisotopic (exact) mass is 292 g/mol. The zero-order valence-electron chi connectivity index (χ0n) is 12.2. The van der Waals surface area contributed by atoms with Crippen LogP contribution in [0.1, 0.15) is 51.9 Å². The number of barbiturate groups is 1. The van der Waals surface area contributed by atoms with E-state index in [1.165, 1.54) is 0 Å². The van der Waals surface area contributed by atoms with Crippen LogP contribution in [0.2, 0.25) is 0 Å². The fraction of sp³-hybridized carbons (Fsp3) is 0.714. The van der Waals surface area contributed by atoms with Crippen LogP contribution < -0.4 is 0 Å². The molecule has 1 saturated carbocycles. The van der Waals surface area contributed by atoms with Gasteiger partial charge in [0.2, 0.25) is 0 Å². The molecule has 4 amide bonds. The van der Waals surface area contributed by atoms with E-state index < -0.39 is 23.6 Å². The topological polar surface area (TPSA) is 94.1 Å². The van der Waals surface area contributed by atoms with Crippen LogP contribution >= 0.6 is 0 Å². The van der Waals surface area contributed by atoms with Crippen LogP contribution in [0.25, 0.3) is 5.53 Å². The molecule has 0 spiro atoms. The van der Waals surface area contributed by atoms with Crippen molar-refractivity contribution in [2.24, 2.45) is 0 Å². The van der Waals surface area contributed by atoms with Crippen LogP contribution in [-0.4, -0.2) is 50.7 Å². The first-order chi connectivity index (χ1) is 10.1. The molecule has 114 valence electrons. The highest BCUT2D eigenvalue weighted by Crippen LogP contribution is 2.26. The van der Waals surface area contributed by atoms with Gasteiger partial charge in [-0.2, -0.15) is 4.79 Å². The smallest absolute Gasteiger partial charge is 0.360 e. The molecule has 0 atom stereocenters. The SMILES string of the molecule is CCCCN1C(=O)C(=[N+]=[N-])C(=O)N(C2CCCCC2)C1=O. The summed E-state index contributed by atoms with van der Waals surface area (Å²) in [6.45, 7) is 2.19. The van der Waals surface area contributed by atoms with Crippen molar-refractivity contribution in [3.8, 4) is 0 Å². The standard InChI is InChI=1S/C14H20N4O3/c1-2-3-9-17-12(19)11(16-15)13(20)18(14(17)21)10-7-5-4-6-8-10/h10H,2-9H2,1H3. The Morgan fingerprint density at radius 1 is 1.14 bits per heavy atom. The van der Waals surface area contributed by atoms with Crippen molar-refractivity contribution < 1.29 is 19.2 Å². The highest BCUT2D eigenvalue weighted by atomic mass is 16.2. The normalized spacial score (nSPS) is 21.0. The van der Waals surface area contributed by atoms with E-state index >= 15 is 0 Å². The molecule has 2 rings (SSSR count). The van der Waals surface area contributed by atoms with Gasteiger partial charge >= 0.3 is 23.6 Å². The summed E-state index contributed by atoms with van der Waals surface area (Å²) in [6.07, 6.45) is 5.96. The van der Waals surface area contributed by atoms with Crippen molar-refractivity contribution in [2.75, 3.05) is 6.54 Å². The molecule has 7 nitrogen and oxygen atoms in total. The zero-order chi connectivity index (χ0) is 15.4. The van der Waals surface area contributed by atoms with E-state index in [9.17, 15) is 14.4 Å². The lowest BCUT2D eigenvalue weighted by Crippen LogP contribution is -2.63. The van der Waals surface area contributed by atoms with Crippen molar-refractivity contribution in [1.82, 2.24) is 9.80 Å². The first kappa shape index (κ1) is 15.4. The molecule has 0 unspecified atom stereocenters. The number of rotatable bonds is 4. The van der Waals surface area contributed by atoms with Crippen molar-refractivity contribution in [3.05, 3.63) is 5.53 Å². The van der Waals surface area contributed by atoms with Crippen molar-refractivity contribution >= 4 is 23.6 Å². The third-order valence-electron chi connectivity index (χ3n) is 4.08. The number of carbonyl (C=O) groups is 3. The minimum absolute atomic E-state index is 0.201. The van der Waals surface area contributed by atoms with Gasteiger partial charge in [-0.25, -0.2) is 4.79 Å². The van der Waals surface area contributed by atoms with Gasteiger partial charge in [-0.1, -0.05) is 32.6 Å². The van der Waals surface area contributed by atoms with Crippen LogP contribution in [0.15, 0.2) is 0 Å². The molecule has 1 saturated heterocycles. The second kappa shape index (κ2) is 6.63. The van der Waals surface area contributed by atoms with E-state index in [0.29, 0.717) is 6.42 Å². The van der Waals surface area contributed by atoms with Crippen LogP contribution in [0, 0.1) is 0 Å². The van der Waals surface area contributed by atoms with Crippen LogP contribution in [0.3, 0.4) is 0 Å². The predicted molar refractivity (Wildman–Crippen MR) is 74.4 cm³/mol. The summed E-state index contributed by atoms with van der Waals surface area (Å²) >= 11 is 0. The van der Waals surface area contributed by atoms with Gasteiger partial charge < -0.3 is 5.53 Å². The summed E-state index contributed by atoms with van der Waals surface area (Å²) < 4.78 is 0. The van der Waals surface area contributed by atoms with Gasteiger partial charge in [-0.3, -0.25) is 19.4 Å². The second-order valence-corrected chi connectivity index (χ2v) is 5.51. The van der Waals surface area contributed by atoms with Gasteiger partial charge in [-0.05, 0) is 19.3 Å². The molecule has 0 radical (unpaired) electrons. The zero-order valence-corrected chi connectivity index (χ0v) is 12.2. The summed E-state index contributed by atoms with van der Waals surface area (Å²) in [4.78, 5) is 41.8. The molecule has 0 aromatic carbocycles. The summed E-state index contributed by atoms with van der Waals surface area (Å²) in [5.41, 5.74) is 8.40. The van der Waals surface area contributed by atoms with Gasteiger partial charge in [0.25, 0.3) is 0 Å². The minimum Gasteiger partial charge on any atom is -0.360 e. The van der Waals surface area contributed by atoms with Gasteiger partial charge in [0, 0.05) is 12.6 Å². The Balaban J connectivity index is 2.29. The summed E-state index contributed by atoms with van der Waals surface area (Å²) in [5.74, 6) is -1.57. The Morgan fingerprint density at radius 3 is 2.38 bits per heavy atom. The average molecular weight is 292 g/mol. The second-order valence-electron chi connectivity index (χ2n) is 5.51. The van der Waals surface area contributed by atoms with E-state index in [0.717, 1.165) is 48.3 Å². The summed E-state index contributed by atoms with van der Waals surface area (Å²) in [6, 6.07) is -0.773. The van der Waals surface area contributed by atoms with E-state index in [4.69, 9.17) is 5.53 Å². The van der Waals surface area contributed by atoms with Gasteiger partial charge in [0.1, 0.15) is 0 Å². The number of nitrogens with zero attached hydrogens (tertiary/aromatic N) is 4. The Bertz CT molecular complexity index is 504. The predicted octanol–water partition coefficient (Wildman–Crippen LogP) is 1.58. The highest BCUT2D eigenvalue weighted by Gasteiger charge is 2.51. The summed E-state index contributed by atoms with van der Waals surface area (Å²) in [7, 11) is 0. The first-order valence-electron chi connectivity index (χ1n) is 7.53. The maximum Gasteiger partial charge on any atom is 0.444 e. The maximum atomic E-state index is 12.5. The molecule has 21 heavy (non-hydrogen) atoms. The fourth-order valence-electron chi connectivity index (χ4n) is 2.90. The molecule has 1 heterocycles. The fourth-order valence-corrected chi connectivity index (χ4v) is 2.90. The van der Waals surface area contributed by atoms with E-state index in [1.54, 1.807) is 0 Å². The number of imide groups is 2. The molecule has 0 N–H and O–H groups in total. The molecule has 0 bridgehead atoms. The number of amides is 4. The van der Waals surface area contributed by atoms with Crippen LogP contribution in [-0.2, 0) is 9.59 Å². The lowest BCUT2D eigenvalue weighted by molar-refractivity contribution is -0.140. The summed E-state index contributed by atoms with van der Waals surface area (Å²) in [5, 5.41) is 0. The van der Waals surface area contributed by atoms with E-state index in [-0.39, 0.29) is 12.6 Å². The Labute approximate surface area is 123 Å². The van der Waals surface area contributed by atoms with Crippen LogP contribution in [0.5, 0.6) is 0 Å². The molecule has 0 aromatic rings. The number of urea groups is 1. The van der Waals surface area contributed by atoms with E-state index in [1.807, 2.05) is 6.92 Å². The number of hydrogen-bond donors (Lipinski definition) is 0. The van der Waals surface area contributed by atoms with Gasteiger partial charge in [0.05, 0.1) is 0 Å². The van der Waals surface area contributed by atoms with Crippen molar-refractivity contribution in [1.29, 1.82) is 0 Å². The molecule has 1 aliphatic heterocycles. The molecular weight excluding hydrogens is 272 g/mol. The van der Waals surface area contributed by atoms with Crippen molar-refractivity contribution in [2.45, 2.75) is 57.9 Å². The lowest BCUT2D eigenvalue weighted by atomic mass is 9.93. The highest BCUT2D eigenvalue weighted by molar-refractivity contribution is 6.66. The lowest BCUT2D eigenvalue weighted by Gasteiger charge is -2.36. The third kappa shape index (κ3) is 2.88. The molecule has 0 aromatic heterocycles. The molecular formula is C14H20N4O3.